The maximum absolute atomic E-state index is 10.2. The molecular formula is F6Li18O18Si6. The van der Waals surface area contributed by atoms with Crippen LogP contribution < -0.4 is 426 Å². The van der Waals surface area contributed by atoms with Crippen molar-refractivity contribution in [1.82, 2.24) is 0 Å². The van der Waals surface area contributed by atoms with Crippen molar-refractivity contribution < 1.29 is 450 Å². The molecule has 0 aromatic heterocycles. The third-order valence-electron chi connectivity index (χ3n) is 0. The summed E-state index contributed by atoms with van der Waals surface area (Å²) in [6.45, 7) is 0. The zero-order valence-electron chi connectivity index (χ0n) is 30.6. The van der Waals surface area contributed by atoms with Gasteiger partial charge in [0.2, 0.25) is 0 Å². The van der Waals surface area contributed by atoms with Crippen LogP contribution in [0.1, 0.15) is 0 Å². The predicted molar refractivity (Wildman–Crippen MR) is 41.2 cm³/mol. The minimum atomic E-state index is -5.86. The van der Waals surface area contributed by atoms with Gasteiger partial charge in [0, 0.05) is 0 Å². The van der Waals surface area contributed by atoms with Crippen molar-refractivity contribution >= 4 is 54.8 Å². The van der Waals surface area contributed by atoms with Crippen LogP contribution in [0.3, 0.4) is 0 Å². The molecule has 18 nitrogen and oxygen atoms in total. The van der Waals surface area contributed by atoms with Crippen LogP contribution in [0.15, 0.2) is 0 Å². The Morgan fingerprint density at radius 3 is 0.146 bits per heavy atom. The first-order valence-corrected chi connectivity index (χ1v) is 14.4. The monoisotopic (exact) mass is 696 g/mol. The van der Waals surface area contributed by atoms with E-state index < -0.39 is 54.8 Å². The van der Waals surface area contributed by atoms with Gasteiger partial charge >= 0.3 is 339 Å². The van der Waals surface area contributed by atoms with E-state index in [1.54, 1.807) is 0 Å². The molecule has 0 bridgehead atoms. The summed E-state index contributed by atoms with van der Waals surface area (Å²) in [5.74, 6) is 0. The van der Waals surface area contributed by atoms with E-state index in [9.17, 15) is 24.6 Å². The molecule has 48 heteroatoms. The number of halogens is 6. The topological polar surface area (TPSA) is 415 Å². The Bertz CT molecular complexity index is 273. The largest absolute Gasteiger partial charge is 1.00 e. The van der Waals surface area contributed by atoms with Crippen LogP contribution in [0.25, 0.3) is 0 Å². The normalized spacial score (nSPS) is 7.50. The SMILES string of the molecule is [Li+].[Li+].[Li+].[Li+].[Li+].[Li+].[Li+].[Li+].[Li+].[Li+].[Li+].[Li+].[Li+].[Li+].[Li+].[Li+].[Li+].[Li+].[O-][Si]([O-])([O-])F.[O-][Si]([O-])([O-])F.[O-][Si]([O-])([O-])F.[O-][Si]([O-])([O-])F.[O-][Si]([O-])([O-])F.[O-][Si]([O-])([O-])F. The molecule has 0 unspecified atom stereocenters. The second-order valence-electron chi connectivity index (χ2n) is 2.89. The molecule has 0 amide bonds. The van der Waals surface area contributed by atoms with Crippen molar-refractivity contribution in [2.45, 2.75) is 0 Å². The Morgan fingerprint density at radius 2 is 0.146 bits per heavy atom. The fourth-order valence-corrected chi connectivity index (χ4v) is 0. The molecule has 0 atom stereocenters. The minimum Gasteiger partial charge on any atom is -0.857 e. The third kappa shape index (κ3) is 1490. The van der Waals surface area contributed by atoms with Gasteiger partial charge in [-0.3, -0.25) is 0 Å². The van der Waals surface area contributed by atoms with Crippen molar-refractivity contribution in [2.24, 2.45) is 0 Å². The fraction of sp³-hybridized carbons (Fsp3) is 0. The summed E-state index contributed by atoms with van der Waals surface area (Å²) in [7, 11) is -35.2. The number of hydrogen-bond donors (Lipinski definition) is 0. The number of rotatable bonds is 0. The minimum absolute atomic E-state index is 0. The molecule has 0 aliphatic heterocycles. The summed E-state index contributed by atoms with van der Waals surface area (Å²) in [6.07, 6.45) is 0. The van der Waals surface area contributed by atoms with Gasteiger partial charge in [0.15, 0.2) is 0 Å². The van der Waals surface area contributed by atoms with Crippen LogP contribution in [0.4, 0.5) is 24.6 Å². The molecule has 0 aliphatic rings. The van der Waals surface area contributed by atoms with Gasteiger partial charge in [-0.05, 0) is 0 Å². The molecule has 48 heavy (non-hydrogen) atoms. The Hall–Kier alpha value is 10.9. The summed E-state index contributed by atoms with van der Waals surface area (Å²) in [5, 5.41) is 0. The predicted octanol–water partition coefficient (Wildman–Crippen LogP) is -75.1. The van der Waals surface area contributed by atoms with Gasteiger partial charge < -0.3 is 111 Å². The van der Waals surface area contributed by atoms with Crippen LogP contribution in [0.2, 0.25) is 0 Å². The molecule has 0 heterocycles. The van der Waals surface area contributed by atoms with Gasteiger partial charge in [0.05, 0.1) is 0 Å². The summed E-state index contributed by atoms with van der Waals surface area (Å²) in [4.78, 5) is 152. The van der Waals surface area contributed by atoms with Gasteiger partial charge in [0.1, 0.15) is 0 Å². The van der Waals surface area contributed by atoms with E-state index in [1.807, 2.05) is 0 Å². The van der Waals surface area contributed by atoms with Crippen molar-refractivity contribution in [3.63, 3.8) is 0 Å². The maximum Gasteiger partial charge on any atom is 1.00 e. The first kappa shape index (κ1) is 162. The van der Waals surface area contributed by atoms with E-state index in [-0.39, 0.29) is 339 Å². The van der Waals surface area contributed by atoms with Gasteiger partial charge in [0.25, 0.3) is 0 Å². The Labute approximate surface area is 496 Å². The zero-order valence-corrected chi connectivity index (χ0v) is 36.6. The Kier molecular flexibility index (Phi) is 288. The molecule has 0 aromatic carbocycles. The fourth-order valence-electron chi connectivity index (χ4n) is 0. The van der Waals surface area contributed by atoms with E-state index >= 15 is 0 Å². The van der Waals surface area contributed by atoms with E-state index in [0.717, 1.165) is 0 Å². The summed E-state index contributed by atoms with van der Waals surface area (Å²) in [5.41, 5.74) is 0. The molecule has 0 saturated heterocycles. The average molecular weight is 695 g/mol. The van der Waals surface area contributed by atoms with E-state index in [0.29, 0.717) is 0 Å². The molecule has 0 rings (SSSR count). The van der Waals surface area contributed by atoms with Crippen molar-refractivity contribution in [3.05, 3.63) is 0 Å². The van der Waals surface area contributed by atoms with Crippen LogP contribution >= 0.6 is 0 Å². The second-order valence-corrected chi connectivity index (χ2v) is 8.67. The Morgan fingerprint density at radius 1 is 0.146 bits per heavy atom. The third-order valence-corrected chi connectivity index (χ3v) is 0. The molecular weight excluding hydrogens is 695 g/mol. The van der Waals surface area contributed by atoms with E-state index in [2.05, 4.69) is 0 Å². The molecule has 0 radical (unpaired) electrons. The molecule has 0 N–H and O–H groups in total. The quantitative estimate of drug-likeness (QED) is 0.129. The summed E-state index contributed by atoms with van der Waals surface area (Å²) < 4.78 is 61.0. The van der Waals surface area contributed by atoms with Crippen molar-refractivity contribution in [2.75, 3.05) is 0 Å². The molecule has 0 aliphatic carbocycles. The Balaban J connectivity index is -0.00000000609. The smallest absolute Gasteiger partial charge is 0.857 e. The van der Waals surface area contributed by atoms with Crippen LogP contribution in [0.5, 0.6) is 0 Å². The van der Waals surface area contributed by atoms with E-state index in [1.165, 1.54) is 0 Å². The van der Waals surface area contributed by atoms with E-state index in [4.69, 9.17) is 86.3 Å². The average Bonchev–Trinajstić information content (AvgIpc) is 1.94. The molecule has 0 fully saturated rings. The van der Waals surface area contributed by atoms with Crippen molar-refractivity contribution in [1.29, 1.82) is 0 Å². The molecule has 0 saturated carbocycles. The molecule has 192 valence electrons. The van der Waals surface area contributed by atoms with Gasteiger partial charge in [-0.25, -0.2) is 0 Å². The van der Waals surface area contributed by atoms with Gasteiger partial charge in [-0.1, -0.05) is 54.8 Å². The molecule has 0 spiro atoms. The maximum atomic E-state index is 10.2. The van der Waals surface area contributed by atoms with Crippen molar-refractivity contribution in [3.8, 4) is 0 Å². The second kappa shape index (κ2) is 85.2. The molecule has 0 aromatic rings. The van der Waals surface area contributed by atoms with Gasteiger partial charge in [-0.2, -0.15) is 0 Å². The first-order chi connectivity index (χ1) is 12.0. The van der Waals surface area contributed by atoms with Crippen LogP contribution in [-0.4, -0.2) is 54.8 Å². The summed E-state index contributed by atoms with van der Waals surface area (Å²) in [6, 6.07) is 0. The first-order valence-electron chi connectivity index (χ1n) is 4.81. The van der Waals surface area contributed by atoms with Gasteiger partial charge in [-0.15, -0.1) is 0 Å². The summed E-state index contributed by atoms with van der Waals surface area (Å²) >= 11 is 0. The number of hydrogen-bond acceptors (Lipinski definition) is 18. The standard InChI is InChI=1S/6FO3Si.18Li/c6*1-5(2,3)4;;;;;;;;;;;;;;;;;;/q6*-3;18*+1. The zero-order chi connectivity index (χ0) is 27.0. The van der Waals surface area contributed by atoms with Crippen LogP contribution in [0, 0.1) is 0 Å². The van der Waals surface area contributed by atoms with Crippen LogP contribution in [-0.2, 0) is 0 Å².